The van der Waals surface area contributed by atoms with Crippen molar-refractivity contribution in [3.8, 4) is 5.75 Å². The third-order valence-electron chi connectivity index (χ3n) is 4.38. The number of aryl methyl sites for hydroxylation is 1. The van der Waals surface area contributed by atoms with Crippen LogP contribution in [0.5, 0.6) is 5.75 Å². The number of hydrogen-bond donors (Lipinski definition) is 0. The Balaban J connectivity index is 1.74. The summed E-state index contributed by atoms with van der Waals surface area (Å²) in [5, 5.41) is 0. The number of amides is 1. The number of likely N-dealkylation sites (tertiary alicyclic amines) is 1. The van der Waals surface area contributed by atoms with E-state index in [1.807, 2.05) is 19.9 Å². The first kappa shape index (κ1) is 16.4. The lowest BCUT2D eigenvalue weighted by Gasteiger charge is -2.33. The van der Waals surface area contributed by atoms with Crippen LogP contribution in [-0.2, 0) is 10.3 Å². The second kappa shape index (κ2) is 6.55. The summed E-state index contributed by atoms with van der Waals surface area (Å²) >= 11 is 0. The van der Waals surface area contributed by atoms with Gasteiger partial charge in [-0.3, -0.25) is 4.79 Å². The van der Waals surface area contributed by atoms with Crippen LogP contribution in [0.2, 0.25) is 0 Å². The van der Waals surface area contributed by atoms with Crippen molar-refractivity contribution in [1.29, 1.82) is 0 Å². The molecule has 1 aromatic heterocycles. The molecule has 1 aromatic carbocycles. The summed E-state index contributed by atoms with van der Waals surface area (Å²) < 4.78 is 18.6. The molecule has 126 valence electrons. The van der Waals surface area contributed by atoms with Gasteiger partial charge in [0.05, 0.1) is 5.54 Å². The van der Waals surface area contributed by atoms with Gasteiger partial charge >= 0.3 is 0 Å². The van der Waals surface area contributed by atoms with Crippen LogP contribution in [0, 0.1) is 12.7 Å². The van der Waals surface area contributed by atoms with Crippen LogP contribution in [0.15, 0.2) is 36.5 Å². The Hall–Kier alpha value is -2.50. The van der Waals surface area contributed by atoms with E-state index in [1.165, 1.54) is 12.1 Å². The fourth-order valence-corrected chi connectivity index (χ4v) is 3.08. The molecule has 5 nitrogen and oxygen atoms in total. The zero-order valence-electron chi connectivity index (χ0n) is 13.8. The van der Waals surface area contributed by atoms with Gasteiger partial charge in [0.15, 0.2) is 12.4 Å². The molecule has 0 unspecified atom stereocenters. The lowest BCUT2D eigenvalue weighted by Crippen LogP contribution is -2.46. The lowest BCUT2D eigenvalue weighted by molar-refractivity contribution is -0.137. The minimum atomic E-state index is -0.533. The van der Waals surface area contributed by atoms with Crippen LogP contribution < -0.4 is 4.74 Å². The quantitative estimate of drug-likeness (QED) is 0.865. The minimum absolute atomic E-state index is 0.134. The first-order valence-corrected chi connectivity index (χ1v) is 7.98. The SMILES string of the molecule is Cc1ccnc([C@@]2(C)CCCN2C(=O)COc2cccc(F)c2)n1. The molecule has 0 bridgehead atoms. The van der Waals surface area contributed by atoms with E-state index in [0.29, 0.717) is 18.1 Å². The molecule has 0 aliphatic carbocycles. The lowest BCUT2D eigenvalue weighted by atomic mass is 9.97. The van der Waals surface area contributed by atoms with Crippen molar-refractivity contribution in [2.75, 3.05) is 13.2 Å². The summed E-state index contributed by atoms with van der Waals surface area (Å²) in [6.45, 7) is 4.39. The van der Waals surface area contributed by atoms with Gasteiger partial charge in [-0.05, 0) is 44.9 Å². The molecule has 3 rings (SSSR count). The smallest absolute Gasteiger partial charge is 0.261 e. The number of hydrogen-bond acceptors (Lipinski definition) is 4. The molecule has 1 fully saturated rings. The van der Waals surface area contributed by atoms with Gasteiger partial charge in [-0.1, -0.05) is 6.07 Å². The van der Waals surface area contributed by atoms with Gasteiger partial charge in [0.1, 0.15) is 11.6 Å². The predicted molar refractivity (Wildman–Crippen MR) is 87.0 cm³/mol. The Labute approximate surface area is 140 Å². The summed E-state index contributed by atoms with van der Waals surface area (Å²) in [5.74, 6) is 0.457. The number of nitrogens with zero attached hydrogens (tertiary/aromatic N) is 3. The molecular formula is C18H20FN3O2. The zero-order chi connectivity index (χ0) is 17.2. The van der Waals surface area contributed by atoms with Gasteiger partial charge in [-0.25, -0.2) is 14.4 Å². The monoisotopic (exact) mass is 329 g/mol. The molecule has 24 heavy (non-hydrogen) atoms. The van der Waals surface area contributed by atoms with E-state index in [9.17, 15) is 9.18 Å². The van der Waals surface area contributed by atoms with Gasteiger partial charge in [0.25, 0.3) is 5.91 Å². The Morgan fingerprint density at radius 3 is 3.00 bits per heavy atom. The minimum Gasteiger partial charge on any atom is -0.484 e. The van der Waals surface area contributed by atoms with Crippen molar-refractivity contribution in [1.82, 2.24) is 14.9 Å². The molecule has 0 saturated carbocycles. The summed E-state index contributed by atoms with van der Waals surface area (Å²) in [6, 6.07) is 7.61. The van der Waals surface area contributed by atoms with E-state index < -0.39 is 5.54 Å². The zero-order valence-corrected chi connectivity index (χ0v) is 13.8. The maximum atomic E-state index is 13.2. The second-order valence-corrected chi connectivity index (χ2v) is 6.19. The predicted octanol–water partition coefficient (Wildman–Crippen LogP) is 2.84. The highest BCUT2D eigenvalue weighted by atomic mass is 19.1. The number of aromatic nitrogens is 2. The van der Waals surface area contributed by atoms with Gasteiger partial charge in [-0.15, -0.1) is 0 Å². The molecule has 1 aliphatic rings. The van der Waals surface area contributed by atoms with Gasteiger partial charge in [-0.2, -0.15) is 0 Å². The number of carbonyl (C=O) groups is 1. The average molecular weight is 329 g/mol. The van der Waals surface area contributed by atoms with Crippen molar-refractivity contribution in [2.45, 2.75) is 32.2 Å². The summed E-state index contributed by atoms with van der Waals surface area (Å²) in [4.78, 5) is 23.2. The maximum Gasteiger partial charge on any atom is 0.261 e. The van der Waals surface area contributed by atoms with Crippen molar-refractivity contribution in [3.05, 3.63) is 53.9 Å². The van der Waals surface area contributed by atoms with Crippen LogP contribution in [0.3, 0.4) is 0 Å². The topological polar surface area (TPSA) is 55.3 Å². The van der Waals surface area contributed by atoms with E-state index in [2.05, 4.69) is 9.97 Å². The van der Waals surface area contributed by atoms with E-state index >= 15 is 0 Å². The number of carbonyl (C=O) groups excluding carboxylic acids is 1. The Kier molecular flexibility index (Phi) is 4.46. The van der Waals surface area contributed by atoms with E-state index in [0.717, 1.165) is 18.5 Å². The van der Waals surface area contributed by atoms with Crippen LogP contribution in [-0.4, -0.2) is 33.9 Å². The molecule has 0 spiro atoms. The normalized spacial score (nSPS) is 20.2. The molecule has 1 saturated heterocycles. The van der Waals surface area contributed by atoms with E-state index in [4.69, 9.17) is 4.74 Å². The maximum absolute atomic E-state index is 13.2. The summed E-state index contributed by atoms with van der Waals surface area (Å²) in [5.41, 5.74) is 0.338. The largest absolute Gasteiger partial charge is 0.484 e. The van der Waals surface area contributed by atoms with E-state index in [1.54, 1.807) is 23.2 Å². The number of benzene rings is 1. The molecule has 2 aromatic rings. The van der Waals surface area contributed by atoms with Crippen molar-refractivity contribution in [3.63, 3.8) is 0 Å². The number of ether oxygens (including phenoxy) is 1. The molecule has 0 radical (unpaired) electrons. The van der Waals surface area contributed by atoms with Crippen LogP contribution in [0.25, 0.3) is 0 Å². The Morgan fingerprint density at radius 2 is 2.25 bits per heavy atom. The van der Waals surface area contributed by atoms with Crippen LogP contribution in [0.4, 0.5) is 4.39 Å². The molecule has 1 amide bonds. The average Bonchev–Trinajstić information content (AvgIpc) is 2.96. The third-order valence-corrected chi connectivity index (χ3v) is 4.38. The fourth-order valence-electron chi connectivity index (χ4n) is 3.08. The van der Waals surface area contributed by atoms with Gasteiger partial charge in [0.2, 0.25) is 0 Å². The first-order valence-electron chi connectivity index (χ1n) is 7.98. The highest BCUT2D eigenvalue weighted by Gasteiger charge is 2.43. The Bertz CT molecular complexity index is 753. The molecule has 0 N–H and O–H groups in total. The highest BCUT2D eigenvalue weighted by molar-refractivity contribution is 5.79. The third kappa shape index (κ3) is 3.22. The van der Waals surface area contributed by atoms with E-state index in [-0.39, 0.29) is 18.3 Å². The van der Waals surface area contributed by atoms with Crippen LogP contribution in [0.1, 0.15) is 31.3 Å². The van der Waals surface area contributed by atoms with Gasteiger partial charge in [0, 0.05) is 24.5 Å². The summed E-state index contributed by atoms with van der Waals surface area (Å²) in [6.07, 6.45) is 3.41. The standard InChI is InChI=1S/C18H20FN3O2/c1-13-7-9-20-17(21-13)18(2)8-4-10-22(18)16(23)12-24-15-6-3-5-14(19)11-15/h3,5-7,9,11H,4,8,10,12H2,1-2H3/t18-/m1/s1. The first-order chi connectivity index (χ1) is 11.5. The van der Waals surface area contributed by atoms with Crippen molar-refractivity contribution in [2.24, 2.45) is 0 Å². The molecule has 2 heterocycles. The van der Waals surface area contributed by atoms with Crippen molar-refractivity contribution < 1.29 is 13.9 Å². The fraction of sp³-hybridized carbons (Fsp3) is 0.389. The van der Waals surface area contributed by atoms with Crippen LogP contribution >= 0.6 is 0 Å². The number of rotatable bonds is 4. The second-order valence-electron chi connectivity index (χ2n) is 6.19. The Morgan fingerprint density at radius 1 is 1.42 bits per heavy atom. The highest BCUT2D eigenvalue weighted by Crippen LogP contribution is 2.36. The summed E-state index contributed by atoms with van der Waals surface area (Å²) in [7, 11) is 0. The molecule has 6 heteroatoms. The molecular weight excluding hydrogens is 309 g/mol. The molecule has 1 atom stereocenters. The van der Waals surface area contributed by atoms with Gasteiger partial charge < -0.3 is 9.64 Å². The van der Waals surface area contributed by atoms with Crippen molar-refractivity contribution >= 4 is 5.91 Å². The molecule has 1 aliphatic heterocycles. The number of halogens is 1.